The number of rotatable bonds is 7. The molecule has 1 aliphatic rings. The Labute approximate surface area is 104 Å². The number of hydrogen-bond donors (Lipinski definition) is 2. The van der Waals surface area contributed by atoms with Gasteiger partial charge in [0.15, 0.2) is 0 Å². The van der Waals surface area contributed by atoms with Gasteiger partial charge in [-0.25, -0.2) is 0 Å². The topological polar surface area (TPSA) is 58.0 Å². The van der Waals surface area contributed by atoms with E-state index in [-0.39, 0.29) is 12.6 Å². The Morgan fingerprint density at radius 1 is 1.56 bits per heavy atom. The van der Waals surface area contributed by atoms with E-state index < -0.39 is 0 Å². The Morgan fingerprint density at radius 2 is 2.38 bits per heavy atom. The summed E-state index contributed by atoms with van der Waals surface area (Å²) in [6.07, 6.45) is 5.54. The summed E-state index contributed by atoms with van der Waals surface area (Å²) in [4.78, 5) is 0. The Bertz CT molecular complexity index is 328. The zero-order valence-corrected chi connectivity index (χ0v) is 11.0. The lowest BCUT2D eigenvalue weighted by Crippen LogP contribution is -2.24. The van der Waals surface area contributed by atoms with Crippen LogP contribution in [0, 0.1) is 0 Å². The molecule has 1 aliphatic carbocycles. The molecule has 1 aromatic rings. The Kier molecular flexibility index (Phi) is 4.43. The molecule has 2 N–H and O–H groups in total. The molecule has 1 aromatic heterocycles. The molecule has 1 fully saturated rings. The van der Waals surface area contributed by atoms with E-state index in [1.165, 1.54) is 12.8 Å². The fourth-order valence-electron chi connectivity index (χ4n) is 1.43. The first kappa shape index (κ1) is 12.1. The summed E-state index contributed by atoms with van der Waals surface area (Å²) in [6.45, 7) is 0.152. The molecule has 4 nitrogen and oxygen atoms in total. The number of hydrogen-bond acceptors (Lipinski definition) is 6. The minimum atomic E-state index is 0.104. The lowest BCUT2D eigenvalue weighted by atomic mass is 10.2. The van der Waals surface area contributed by atoms with Crippen LogP contribution in [0.25, 0.3) is 0 Å². The standard InChI is InChI=1S/C10H17N3OS2/c1-15-5-4-8(6-14)11-10-13-12-9(16-10)7-2-3-7/h7-8,14H,2-6H2,1H3,(H,11,13). The second-order valence-corrected chi connectivity index (χ2v) is 6.02. The molecule has 16 heavy (non-hydrogen) atoms. The summed E-state index contributed by atoms with van der Waals surface area (Å²) in [6, 6.07) is 0.104. The third kappa shape index (κ3) is 3.33. The maximum Gasteiger partial charge on any atom is 0.205 e. The van der Waals surface area contributed by atoms with Gasteiger partial charge in [-0.2, -0.15) is 11.8 Å². The average molecular weight is 259 g/mol. The molecule has 2 rings (SSSR count). The average Bonchev–Trinajstić information content (AvgIpc) is 3.05. The SMILES string of the molecule is CSCCC(CO)Nc1nnc(C2CC2)s1. The highest BCUT2D eigenvalue weighted by Gasteiger charge is 2.27. The lowest BCUT2D eigenvalue weighted by molar-refractivity contribution is 0.272. The maximum absolute atomic E-state index is 9.23. The molecule has 0 aliphatic heterocycles. The highest BCUT2D eigenvalue weighted by Crippen LogP contribution is 2.42. The van der Waals surface area contributed by atoms with E-state index in [4.69, 9.17) is 0 Å². The fraction of sp³-hybridized carbons (Fsp3) is 0.800. The van der Waals surface area contributed by atoms with Crippen LogP contribution in [0.1, 0.15) is 30.2 Å². The van der Waals surface area contributed by atoms with E-state index in [0.29, 0.717) is 5.92 Å². The predicted octanol–water partition coefficient (Wildman–Crippen LogP) is 1.94. The van der Waals surface area contributed by atoms with Crippen LogP contribution in [0.2, 0.25) is 0 Å². The van der Waals surface area contributed by atoms with Crippen molar-refractivity contribution < 1.29 is 5.11 Å². The van der Waals surface area contributed by atoms with E-state index in [1.54, 1.807) is 23.1 Å². The third-order valence-electron chi connectivity index (χ3n) is 2.59. The molecule has 1 unspecified atom stereocenters. The summed E-state index contributed by atoms with van der Waals surface area (Å²) in [5.41, 5.74) is 0. The Morgan fingerprint density at radius 3 is 3.00 bits per heavy atom. The molecular formula is C10H17N3OS2. The van der Waals surface area contributed by atoms with Crippen molar-refractivity contribution in [1.82, 2.24) is 10.2 Å². The predicted molar refractivity (Wildman–Crippen MR) is 69.4 cm³/mol. The number of thioether (sulfide) groups is 1. The first-order chi connectivity index (χ1) is 7.83. The van der Waals surface area contributed by atoms with Crippen LogP contribution in [0.15, 0.2) is 0 Å². The van der Waals surface area contributed by atoms with Gasteiger partial charge in [-0.15, -0.1) is 10.2 Å². The number of aliphatic hydroxyl groups is 1. The van der Waals surface area contributed by atoms with Crippen molar-refractivity contribution in [3.8, 4) is 0 Å². The second-order valence-electron chi connectivity index (χ2n) is 4.03. The summed E-state index contributed by atoms with van der Waals surface area (Å²) in [5, 5.41) is 22.7. The molecule has 0 radical (unpaired) electrons. The van der Waals surface area contributed by atoms with Crippen molar-refractivity contribution >= 4 is 28.2 Å². The largest absolute Gasteiger partial charge is 0.394 e. The Hall–Kier alpha value is -0.330. The van der Waals surface area contributed by atoms with Crippen LogP contribution in [-0.2, 0) is 0 Å². The van der Waals surface area contributed by atoms with E-state index in [2.05, 4.69) is 21.8 Å². The van der Waals surface area contributed by atoms with Crippen molar-refractivity contribution in [3.05, 3.63) is 5.01 Å². The lowest BCUT2D eigenvalue weighted by Gasteiger charge is -2.13. The van der Waals surface area contributed by atoms with Crippen LogP contribution in [0.3, 0.4) is 0 Å². The van der Waals surface area contributed by atoms with E-state index in [9.17, 15) is 5.11 Å². The highest BCUT2D eigenvalue weighted by atomic mass is 32.2. The van der Waals surface area contributed by atoms with Gasteiger partial charge in [-0.3, -0.25) is 0 Å². The van der Waals surface area contributed by atoms with Gasteiger partial charge in [0.1, 0.15) is 5.01 Å². The van der Waals surface area contributed by atoms with Crippen LogP contribution in [-0.4, -0.2) is 40.0 Å². The molecule has 0 spiro atoms. The van der Waals surface area contributed by atoms with Gasteiger partial charge in [-0.05, 0) is 31.3 Å². The van der Waals surface area contributed by atoms with Crippen molar-refractivity contribution in [2.75, 3.05) is 23.9 Å². The van der Waals surface area contributed by atoms with Gasteiger partial charge in [0.05, 0.1) is 12.6 Å². The van der Waals surface area contributed by atoms with Gasteiger partial charge in [0, 0.05) is 5.92 Å². The number of aromatic nitrogens is 2. The minimum Gasteiger partial charge on any atom is -0.394 e. The van der Waals surface area contributed by atoms with Crippen LogP contribution >= 0.6 is 23.1 Å². The summed E-state index contributed by atoms with van der Waals surface area (Å²) in [7, 11) is 0. The van der Waals surface area contributed by atoms with E-state index in [1.807, 2.05) is 0 Å². The molecule has 6 heteroatoms. The van der Waals surface area contributed by atoms with Crippen molar-refractivity contribution in [3.63, 3.8) is 0 Å². The maximum atomic E-state index is 9.23. The van der Waals surface area contributed by atoms with Crippen molar-refractivity contribution in [2.24, 2.45) is 0 Å². The molecule has 0 aromatic carbocycles. The molecule has 0 bridgehead atoms. The van der Waals surface area contributed by atoms with Crippen molar-refractivity contribution in [1.29, 1.82) is 0 Å². The van der Waals surface area contributed by atoms with Crippen LogP contribution in [0.4, 0.5) is 5.13 Å². The highest BCUT2D eigenvalue weighted by molar-refractivity contribution is 7.98. The number of nitrogens with one attached hydrogen (secondary N) is 1. The van der Waals surface area contributed by atoms with E-state index in [0.717, 1.165) is 22.3 Å². The normalized spacial score (nSPS) is 17.4. The first-order valence-corrected chi connectivity index (χ1v) is 7.74. The Balaban J connectivity index is 1.85. The summed E-state index contributed by atoms with van der Waals surface area (Å²) in [5.74, 6) is 1.71. The number of nitrogens with zero attached hydrogens (tertiary/aromatic N) is 2. The van der Waals surface area contributed by atoms with Gasteiger partial charge in [-0.1, -0.05) is 11.3 Å². The van der Waals surface area contributed by atoms with Gasteiger partial charge >= 0.3 is 0 Å². The molecular weight excluding hydrogens is 242 g/mol. The first-order valence-electron chi connectivity index (χ1n) is 5.53. The van der Waals surface area contributed by atoms with Gasteiger partial charge in [0.25, 0.3) is 0 Å². The fourth-order valence-corrected chi connectivity index (χ4v) is 2.94. The quantitative estimate of drug-likeness (QED) is 0.783. The monoisotopic (exact) mass is 259 g/mol. The second kappa shape index (κ2) is 5.84. The number of anilines is 1. The zero-order valence-electron chi connectivity index (χ0n) is 9.35. The molecule has 1 saturated carbocycles. The summed E-state index contributed by atoms with van der Waals surface area (Å²) >= 11 is 3.42. The molecule has 90 valence electrons. The van der Waals surface area contributed by atoms with Gasteiger partial charge < -0.3 is 10.4 Å². The minimum absolute atomic E-state index is 0.104. The summed E-state index contributed by atoms with van der Waals surface area (Å²) < 4.78 is 0. The van der Waals surface area contributed by atoms with Crippen molar-refractivity contribution in [2.45, 2.75) is 31.2 Å². The molecule has 1 heterocycles. The molecule has 0 amide bonds. The smallest absolute Gasteiger partial charge is 0.205 e. The van der Waals surface area contributed by atoms with Crippen LogP contribution < -0.4 is 5.32 Å². The van der Waals surface area contributed by atoms with E-state index >= 15 is 0 Å². The zero-order chi connectivity index (χ0) is 11.4. The van der Waals surface area contributed by atoms with Gasteiger partial charge in [0.2, 0.25) is 5.13 Å². The molecule has 1 atom stereocenters. The number of aliphatic hydroxyl groups excluding tert-OH is 1. The third-order valence-corrected chi connectivity index (χ3v) is 4.25. The molecule has 0 saturated heterocycles. The van der Waals surface area contributed by atoms with Crippen LogP contribution in [0.5, 0.6) is 0 Å².